The van der Waals surface area contributed by atoms with Crippen LogP contribution < -0.4 is 0 Å². The zero-order valence-electron chi connectivity index (χ0n) is 17.9. The third-order valence-corrected chi connectivity index (χ3v) is 4.41. The third-order valence-electron chi connectivity index (χ3n) is 4.18. The van der Waals surface area contributed by atoms with E-state index < -0.39 is 23.9 Å². The molecule has 2 heterocycles. The van der Waals surface area contributed by atoms with Crippen LogP contribution in [0.5, 0.6) is 0 Å². The van der Waals surface area contributed by atoms with Gasteiger partial charge in [0.2, 0.25) is 0 Å². The maximum atomic E-state index is 9.10. The van der Waals surface area contributed by atoms with Gasteiger partial charge >= 0.3 is 23.9 Å². The van der Waals surface area contributed by atoms with E-state index in [1.807, 2.05) is 48.1 Å². The molecule has 2 aromatic carbocycles. The lowest BCUT2D eigenvalue weighted by Gasteiger charge is -2.18. The van der Waals surface area contributed by atoms with Crippen LogP contribution in [0.4, 0.5) is 0 Å². The Morgan fingerprint density at radius 2 is 1.51 bits per heavy atom. The number of carboxylic acid groups (broad SMARTS) is 4. The van der Waals surface area contributed by atoms with E-state index in [1.54, 1.807) is 6.20 Å². The van der Waals surface area contributed by atoms with Crippen LogP contribution in [-0.4, -0.2) is 69.3 Å². The molecule has 0 aliphatic rings. The fraction of sp³-hybridized carbons (Fsp3) is 0.0952. The number of carbonyl (C=O) groups is 4. The SMILES string of the molecule is Cc1nc2cc(C(c3cccc(Cl)c3)n3ccnn3)ccc2[nH]1.O=C(O)C(=O)O.O=C(O)C(=O)O. The molecule has 13 nitrogen and oxygen atoms in total. The molecule has 182 valence electrons. The zero-order valence-corrected chi connectivity index (χ0v) is 18.6. The Kier molecular flexibility index (Phi) is 9.00. The van der Waals surface area contributed by atoms with Gasteiger partial charge in [-0.1, -0.05) is 35.0 Å². The van der Waals surface area contributed by atoms with Crippen molar-refractivity contribution in [1.29, 1.82) is 0 Å². The van der Waals surface area contributed by atoms with Crippen LogP contribution in [-0.2, 0) is 19.2 Å². The summed E-state index contributed by atoms with van der Waals surface area (Å²) in [6.45, 7) is 1.95. The normalized spacial score (nSPS) is 10.8. The number of nitrogens with zero attached hydrogens (tertiary/aromatic N) is 4. The Balaban J connectivity index is 0.000000301. The third kappa shape index (κ3) is 7.64. The standard InChI is InChI=1S/C17H14ClN5.2C2H2O4/c1-11-20-15-6-5-13(10-16(15)21-11)17(23-8-7-19-22-23)12-3-2-4-14(18)9-12;2*3-1(4)2(5)6/h2-10,17H,1H3,(H,20,21);2*(H,3,4)(H,5,6). The van der Waals surface area contributed by atoms with Gasteiger partial charge in [0.15, 0.2) is 0 Å². The van der Waals surface area contributed by atoms with E-state index in [0.29, 0.717) is 5.02 Å². The first kappa shape index (κ1) is 26.5. The highest BCUT2D eigenvalue weighted by Crippen LogP contribution is 2.29. The monoisotopic (exact) mass is 503 g/mol. The molecule has 14 heteroatoms. The van der Waals surface area contributed by atoms with Gasteiger partial charge < -0.3 is 25.4 Å². The van der Waals surface area contributed by atoms with E-state index in [4.69, 9.17) is 51.2 Å². The summed E-state index contributed by atoms with van der Waals surface area (Å²) in [5.74, 6) is -6.40. The molecule has 35 heavy (non-hydrogen) atoms. The Hall–Kier alpha value is -4.78. The fourth-order valence-electron chi connectivity index (χ4n) is 2.85. The molecule has 1 unspecified atom stereocenters. The number of H-pyrrole nitrogens is 1. The van der Waals surface area contributed by atoms with E-state index in [0.717, 1.165) is 28.0 Å². The molecule has 0 spiro atoms. The van der Waals surface area contributed by atoms with Crippen molar-refractivity contribution >= 4 is 46.5 Å². The number of aliphatic carboxylic acids is 4. The number of aromatic amines is 1. The number of rotatable bonds is 3. The average molecular weight is 504 g/mol. The van der Waals surface area contributed by atoms with Crippen LogP contribution in [0.2, 0.25) is 5.02 Å². The molecule has 0 bridgehead atoms. The van der Waals surface area contributed by atoms with Gasteiger partial charge in [-0.25, -0.2) is 28.8 Å². The maximum Gasteiger partial charge on any atom is 0.414 e. The highest BCUT2D eigenvalue weighted by Gasteiger charge is 2.18. The molecule has 2 aromatic heterocycles. The first-order valence-electron chi connectivity index (χ1n) is 9.49. The van der Waals surface area contributed by atoms with E-state index in [1.165, 1.54) is 0 Å². The molecule has 0 radical (unpaired) electrons. The summed E-state index contributed by atoms with van der Waals surface area (Å²) in [7, 11) is 0. The van der Waals surface area contributed by atoms with Crippen molar-refractivity contribution < 1.29 is 39.6 Å². The largest absolute Gasteiger partial charge is 0.473 e. The molecule has 4 rings (SSSR count). The first-order chi connectivity index (χ1) is 16.5. The second-order valence-corrected chi connectivity index (χ2v) is 7.10. The number of aryl methyl sites for hydroxylation is 1. The summed E-state index contributed by atoms with van der Waals surface area (Å²) in [4.78, 5) is 44.2. The van der Waals surface area contributed by atoms with Gasteiger partial charge in [-0.3, -0.25) is 0 Å². The topological polar surface area (TPSA) is 209 Å². The van der Waals surface area contributed by atoms with Crippen LogP contribution in [0, 0.1) is 6.92 Å². The molecule has 5 N–H and O–H groups in total. The molecule has 0 aliphatic carbocycles. The predicted octanol–water partition coefficient (Wildman–Crippen LogP) is 2.07. The molecular formula is C21H18ClN5O8. The first-order valence-corrected chi connectivity index (χ1v) is 9.87. The van der Waals surface area contributed by atoms with Crippen molar-refractivity contribution in [2.24, 2.45) is 0 Å². The van der Waals surface area contributed by atoms with Gasteiger partial charge in [0, 0.05) is 11.2 Å². The lowest BCUT2D eigenvalue weighted by molar-refractivity contribution is -0.159. The van der Waals surface area contributed by atoms with Crippen molar-refractivity contribution in [2.75, 3.05) is 0 Å². The van der Waals surface area contributed by atoms with Gasteiger partial charge in [0.05, 0.1) is 17.2 Å². The number of imidazole rings is 1. The predicted molar refractivity (Wildman–Crippen MR) is 120 cm³/mol. The van der Waals surface area contributed by atoms with Gasteiger partial charge in [-0.15, -0.1) is 5.10 Å². The van der Waals surface area contributed by atoms with Crippen molar-refractivity contribution in [3.63, 3.8) is 0 Å². The van der Waals surface area contributed by atoms with E-state index in [-0.39, 0.29) is 6.04 Å². The molecule has 1 atom stereocenters. The van der Waals surface area contributed by atoms with E-state index in [9.17, 15) is 0 Å². The minimum Gasteiger partial charge on any atom is -0.473 e. The zero-order chi connectivity index (χ0) is 26.1. The van der Waals surface area contributed by atoms with Gasteiger partial charge in [-0.05, 0) is 42.3 Å². The van der Waals surface area contributed by atoms with Crippen LogP contribution in [0.1, 0.15) is 23.0 Å². The number of fused-ring (bicyclic) bond motifs is 1. The number of hydrogen-bond donors (Lipinski definition) is 5. The fourth-order valence-corrected chi connectivity index (χ4v) is 3.05. The smallest absolute Gasteiger partial charge is 0.414 e. The summed E-state index contributed by atoms with van der Waals surface area (Å²) in [6, 6.07) is 13.9. The number of benzene rings is 2. The minimum atomic E-state index is -1.82. The average Bonchev–Trinajstić information content (AvgIpc) is 3.43. The summed E-state index contributed by atoms with van der Waals surface area (Å²) in [6.07, 6.45) is 3.53. The van der Waals surface area contributed by atoms with Crippen LogP contribution in [0.15, 0.2) is 54.9 Å². The van der Waals surface area contributed by atoms with Gasteiger partial charge in [-0.2, -0.15) is 0 Å². The lowest BCUT2D eigenvalue weighted by atomic mass is 9.98. The summed E-state index contributed by atoms with van der Waals surface area (Å²) < 4.78 is 1.83. The summed E-state index contributed by atoms with van der Waals surface area (Å²) in [5, 5.41) is 38.4. The molecule has 0 amide bonds. The molecular weight excluding hydrogens is 486 g/mol. The number of halogens is 1. The van der Waals surface area contributed by atoms with Crippen LogP contribution in [0.25, 0.3) is 11.0 Å². The molecule has 4 aromatic rings. The van der Waals surface area contributed by atoms with Gasteiger partial charge in [0.1, 0.15) is 11.9 Å². The Labute approximate surface area is 201 Å². The quantitative estimate of drug-likeness (QED) is 0.255. The van der Waals surface area contributed by atoms with Crippen LogP contribution >= 0.6 is 11.6 Å². The van der Waals surface area contributed by atoms with Crippen molar-refractivity contribution in [3.05, 3.63) is 76.8 Å². The molecule has 0 saturated heterocycles. The molecule has 0 fully saturated rings. The van der Waals surface area contributed by atoms with Crippen LogP contribution in [0.3, 0.4) is 0 Å². The van der Waals surface area contributed by atoms with Crippen molar-refractivity contribution in [1.82, 2.24) is 25.0 Å². The number of nitrogens with one attached hydrogen (secondary N) is 1. The Morgan fingerprint density at radius 1 is 0.914 bits per heavy atom. The number of carboxylic acids is 4. The van der Waals surface area contributed by atoms with Crippen molar-refractivity contribution in [2.45, 2.75) is 13.0 Å². The number of aromatic nitrogens is 5. The second kappa shape index (κ2) is 11.9. The number of hydrogen-bond acceptors (Lipinski definition) is 7. The molecule has 0 aliphatic heterocycles. The van der Waals surface area contributed by atoms with E-state index >= 15 is 0 Å². The Bertz CT molecular complexity index is 1310. The minimum absolute atomic E-state index is 0.0994. The maximum absolute atomic E-state index is 9.10. The summed E-state index contributed by atoms with van der Waals surface area (Å²) >= 11 is 6.17. The van der Waals surface area contributed by atoms with Gasteiger partial charge in [0.25, 0.3) is 0 Å². The molecule has 0 saturated carbocycles. The highest BCUT2D eigenvalue weighted by molar-refractivity contribution is 6.30. The summed E-state index contributed by atoms with van der Waals surface area (Å²) in [5.41, 5.74) is 4.09. The van der Waals surface area contributed by atoms with Crippen molar-refractivity contribution in [3.8, 4) is 0 Å². The lowest BCUT2D eigenvalue weighted by Crippen LogP contribution is -2.13. The van der Waals surface area contributed by atoms with E-state index in [2.05, 4.69) is 32.4 Å². The highest BCUT2D eigenvalue weighted by atomic mass is 35.5. The Morgan fingerprint density at radius 3 is 2.03 bits per heavy atom. The second-order valence-electron chi connectivity index (χ2n) is 6.66.